The van der Waals surface area contributed by atoms with E-state index >= 15 is 0 Å². The minimum absolute atomic E-state index is 0.186. The Balaban J connectivity index is 2.10. The lowest BCUT2D eigenvalue weighted by atomic mass is 10.1. The molecular weight excluding hydrogens is 495 g/mol. The molecule has 0 saturated carbocycles. The van der Waals surface area contributed by atoms with Crippen LogP contribution in [0.25, 0.3) is 0 Å². The fourth-order valence-electron chi connectivity index (χ4n) is 2.72. The summed E-state index contributed by atoms with van der Waals surface area (Å²) in [5, 5.41) is 3.49. The Hall–Kier alpha value is -3.19. The third-order valence-corrected chi connectivity index (χ3v) is 4.65. The van der Waals surface area contributed by atoms with Gasteiger partial charge in [-0.3, -0.25) is 18.9 Å². The highest BCUT2D eigenvalue weighted by Crippen LogP contribution is 2.37. The van der Waals surface area contributed by atoms with Crippen LogP contribution in [0.15, 0.2) is 48.8 Å². The van der Waals surface area contributed by atoms with E-state index < -0.39 is 73.0 Å². The molecule has 1 amide bonds. The topological polar surface area (TPSA) is 105 Å². The van der Waals surface area contributed by atoms with E-state index in [1.807, 2.05) is 0 Å². The average molecular weight is 511 g/mol. The monoisotopic (exact) mass is 511 g/mol. The molecule has 0 radical (unpaired) electrons. The molecule has 15 heteroatoms. The summed E-state index contributed by atoms with van der Waals surface area (Å²) in [6, 6.07) is 4.07. The number of carbonyl (C=O) groups excluding carboxylic acids is 1. The zero-order chi connectivity index (χ0) is 27.1. The predicted molar refractivity (Wildman–Crippen MR) is 104 cm³/mol. The molecule has 0 aliphatic rings. The highest BCUT2D eigenvalue weighted by atomic mass is 31.2. The molecule has 8 nitrogen and oxygen atoms in total. The molecule has 0 fully saturated rings. The Bertz CT molecular complexity index is 1330. The smallest absolute Gasteiger partial charge is 0.303 e. The second-order valence-corrected chi connectivity index (χ2v) is 7.73. The van der Waals surface area contributed by atoms with E-state index in [1.165, 1.54) is 0 Å². The summed E-state index contributed by atoms with van der Waals surface area (Å²) in [5.74, 6) is -5.87. The first-order valence-electron chi connectivity index (χ1n) is 9.91. The summed E-state index contributed by atoms with van der Waals surface area (Å²) >= 11 is 0. The van der Waals surface area contributed by atoms with Crippen molar-refractivity contribution in [2.24, 2.45) is 0 Å². The number of anilines is 1. The van der Waals surface area contributed by atoms with Crippen LogP contribution in [-0.4, -0.2) is 32.2 Å². The van der Waals surface area contributed by atoms with Gasteiger partial charge in [-0.1, -0.05) is 12.1 Å². The van der Waals surface area contributed by atoms with Crippen molar-refractivity contribution in [3.05, 3.63) is 82.9 Å². The van der Waals surface area contributed by atoms with Crippen molar-refractivity contribution in [1.29, 1.82) is 0 Å². The molecule has 3 rings (SSSR count). The van der Waals surface area contributed by atoms with Gasteiger partial charge >= 0.3 is 14.0 Å². The van der Waals surface area contributed by atoms with Gasteiger partial charge in [0.2, 0.25) is 0 Å². The van der Waals surface area contributed by atoms with E-state index in [-0.39, 0.29) is 9.58 Å². The fraction of sp³-hybridized carbons (Fsp3) is 0.158. The van der Waals surface area contributed by atoms with E-state index in [2.05, 4.69) is 9.62 Å². The van der Waals surface area contributed by atoms with E-state index in [0.717, 1.165) is 12.1 Å². The maximum Gasteiger partial charge on any atom is 0.471 e. The summed E-state index contributed by atoms with van der Waals surface area (Å²) < 4.78 is 115. The number of carbonyl (C=O) groups is 1. The summed E-state index contributed by atoms with van der Waals surface area (Å²) in [7, 11) is -5.26. The number of phosphoric acid groups is 1. The van der Waals surface area contributed by atoms with Crippen LogP contribution in [0.4, 0.5) is 32.0 Å². The van der Waals surface area contributed by atoms with Gasteiger partial charge in [-0.05, 0) is 24.3 Å². The van der Waals surface area contributed by atoms with Crippen molar-refractivity contribution in [3.63, 3.8) is 0 Å². The molecule has 0 aliphatic heterocycles. The molecule has 34 heavy (non-hydrogen) atoms. The number of nitrogens with zero attached hydrogens (tertiary/aromatic N) is 3. The van der Waals surface area contributed by atoms with Crippen LogP contribution >= 0.6 is 7.82 Å². The zero-order valence-corrected chi connectivity index (χ0v) is 17.4. The van der Waals surface area contributed by atoms with Gasteiger partial charge in [0.05, 0.1) is 26.7 Å². The van der Waals surface area contributed by atoms with Gasteiger partial charge in [0.15, 0.2) is 0 Å². The minimum Gasteiger partial charge on any atom is -0.303 e. The fourth-order valence-corrected chi connectivity index (χ4v) is 2.99. The van der Waals surface area contributed by atoms with Gasteiger partial charge in [-0.2, -0.15) is 18.3 Å². The number of rotatable bonds is 7. The van der Waals surface area contributed by atoms with Crippen LogP contribution in [0.3, 0.4) is 0 Å². The molecule has 182 valence electrons. The summed E-state index contributed by atoms with van der Waals surface area (Å²) in [6.45, 7) is -4.66. The first-order chi connectivity index (χ1) is 16.5. The summed E-state index contributed by atoms with van der Waals surface area (Å²) in [6.07, 6.45) is -3.97. The highest BCUT2D eigenvalue weighted by Gasteiger charge is 2.35. The van der Waals surface area contributed by atoms with Gasteiger partial charge < -0.3 is 9.79 Å². The van der Waals surface area contributed by atoms with E-state index in [1.54, 1.807) is 0 Å². The molecule has 0 aliphatic carbocycles. The molecule has 1 heterocycles. The lowest BCUT2D eigenvalue weighted by Crippen LogP contribution is -2.34. The second-order valence-electron chi connectivity index (χ2n) is 6.49. The van der Waals surface area contributed by atoms with Crippen LogP contribution in [0, 0.1) is 17.5 Å². The number of phosphoric ester groups is 1. The van der Waals surface area contributed by atoms with Crippen molar-refractivity contribution in [2.45, 2.75) is 12.7 Å². The largest absolute Gasteiger partial charge is 0.471 e. The van der Waals surface area contributed by atoms with Gasteiger partial charge in [0.25, 0.3) is 5.91 Å². The maximum absolute atomic E-state index is 14.4. The molecule has 0 spiro atoms. The number of amides is 1. The number of halogens is 6. The Morgan fingerprint density at radius 3 is 2.29 bits per heavy atom. The molecule has 1 aromatic heterocycles. The number of hydrogen-bond acceptors (Lipinski definition) is 4. The van der Waals surface area contributed by atoms with Crippen molar-refractivity contribution < 1.29 is 52.8 Å². The average Bonchev–Trinajstić information content (AvgIpc) is 3.23. The first kappa shape index (κ1) is 22.6. The van der Waals surface area contributed by atoms with E-state index in [9.17, 15) is 35.7 Å². The van der Waals surface area contributed by atoms with Crippen molar-refractivity contribution in [1.82, 2.24) is 9.78 Å². The third-order valence-electron chi connectivity index (χ3n) is 4.20. The number of alkyl halides is 3. The second kappa shape index (κ2) is 9.58. The van der Waals surface area contributed by atoms with Crippen LogP contribution < -0.4 is 4.90 Å². The molecule has 2 aromatic carbocycles. The standard InChI is InChI=1S/C19H14F6N3O5P/c20-14-4-1-3-13(19(23,24)25)12(14)9-27-8-11(7-26-27)28(10-33-34(30,31)32)18(29)17-15(21)5-2-6-16(17)22/h1-8H,9-10H2,(H2,30,31,32)/i9D2. The lowest BCUT2D eigenvalue weighted by molar-refractivity contribution is -0.138. The van der Waals surface area contributed by atoms with Gasteiger partial charge in [-0.15, -0.1) is 0 Å². The third kappa shape index (κ3) is 5.83. The molecule has 3 aromatic rings. The Labute approximate surface area is 190 Å². The molecule has 0 saturated heterocycles. The van der Waals surface area contributed by atoms with E-state index in [4.69, 9.17) is 12.5 Å². The molecule has 2 N–H and O–H groups in total. The SMILES string of the molecule is [2H]C([2H])(c1c(F)cccc1C(F)(F)F)n1cc(N(COP(=O)(O)O)C(=O)c2c(F)cccc2F)cn1. The maximum atomic E-state index is 14.4. The van der Waals surface area contributed by atoms with E-state index in [0.29, 0.717) is 36.7 Å². The number of aromatic nitrogens is 2. The number of hydrogen-bond donors (Lipinski definition) is 2. The Morgan fingerprint density at radius 2 is 1.71 bits per heavy atom. The number of benzene rings is 2. The zero-order valence-electron chi connectivity index (χ0n) is 18.5. The van der Waals surface area contributed by atoms with Crippen molar-refractivity contribution >= 4 is 19.4 Å². The van der Waals surface area contributed by atoms with Gasteiger partial charge in [-0.25, -0.2) is 17.7 Å². The van der Waals surface area contributed by atoms with Crippen molar-refractivity contribution in [3.8, 4) is 0 Å². The Kier molecular flexibility index (Phi) is 6.37. The van der Waals surface area contributed by atoms with Gasteiger partial charge in [0, 0.05) is 11.8 Å². The first-order valence-corrected chi connectivity index (χ1v) is 10.4. The van der Waals surface area contributed by atoms with Crippen LogP contribution in [0.1, 0.15) is 24.2 Å². The lowest BCUT2D eigenvalue weighted by Gasteiger charge is -2.21. The molecule has 0 atom stereocenters. The normalized spacial score (nSPS) is 13.4. The minimum atomic E-state index is -5.26. The van der Waals surface area contributed by atoms with Crippen LogP contribution in [-0.2, 0) is 21.8 Å². The summed E-state index contributed by atoms with van der Waals surface area (Å²) in [4.78, 5) is 31.0. The Morgan fingerprint density at radius 1 is 1.12 bits per heavy atom. The summed E-state index contributed by atoms with van der Waals surface area (Å²) in [5.41, 5.74) is -4.90. The van der Waals surface area contributed by atoms with Gasteiger partial charge in [0.1, 0.15) is 29.7 Å². The quantitative estimate of drug-likeness (QED) is 0.282. The highest BCUT2D eigenvalue weighted by molar-refractivity contribution is 7.46. The van der Waals surface area contributed by atoms with Crippen LogP contribution in [0.5, 0.6) is 0 Å². The molecule has 0 bridgehead atoms. The molecule has 0 unspecified atom stereocenters. The predicted octanol–water partition coefficient (Wildman–Crippen LogP) is 4.08. The molecular formula is C19H14F6N3O5P. The van der Waals surface area contributed by atoms with Crippen molar-refractivity contribution in [2.75, 3.05) is 11.6 Å². The van der Waals surface area contributed by atoms with Crippen LogP contribution in [0.2, 0.25) is 0 Å².